The Kier molecular flexibility index (Phi) is 8.30. The van der Waals surface area contributed by atoms with Crippen LogP contribution in [-0.4, -0.2) is 13.2 Å². The summed E-state index contributed by atoms with van der Waals surface area (Å²) in [7, 11) is 0. The van der Waals surface area contributed by atoms with E-state index in [1.165, 1.54) is 23.3 Å². The maximum atomic E-state index is 15.2. The second-order valence-electron chi connectivity index (χ2n) is 8.61. The van der Waals surface area contributed by atoms with E-state index < -0.39 is 6.61 Å². The van der Waals surface area contributed by atoms with Crippen LogP contribution in [0.1, 0.15) is 35.6 Å². The lowest BCUT2D eigenvalue weighted by Crippen LogP contribution is -2.02. The van der Waals surface area contributed by atoms with Crippen molar-refractivity contribution in [1.29, 1.82) is 0 Å². The van der Waals surface area contributed by atoms with E-state index in [0.717, 1.165) is 42.6 Å². The summed E-state index contributed by atoms with van der Waals surface area (Å²) >= 11 is 0. The maximum Gasteiger partial charge on any atom is 0.387 e. The minimum atomic E-state index is -2.84. The van der Waals surface area contributed by atoms with Crippen molar-refractivity contribution in [2.75, 3.05) is 6.61 Å². The lowest BCUT2D eigenvalue weighted by Gasteiger charge is -2.10. The minimum Gasteiger partial charge on any atom is -0.494 e. The van der Waals surface area contributed by atoms with Gasteiger partial charge in [0.25, 0.3) is 0 Å². The summed E-state index contributed by atoms with van der Waals surface area (Å²) in [5.74, 6) is 0.814. The van der Waals surface area contributed by atoms with Crippen LogP contribution >= 0.6 is 0 Å². The van der Waals surface area contributed by atoms with Crippen LogP contribution in [0.2, 0.25) is 0 Å². The highest BCUT2D eigenvalue weighted by molar-refractivity contribution is 5.84. The van der Waals surface area contributed by atoms with Crippen molar-refractivity contribution >= 4 is 10.8 Å². The first-order valence-electron chi connectivity index (χ1n) is 12.0. The zero-order chi connectivity index (χ0) is 24.6. The molecule has 2 nitrogen and oxygen atoms in total. The summed E-state index contributed by atoms with van der Waals surface area (Å²) in [6.07, 6.45) is 3.90. The molecule has 4 aromatic carbocycles. The second kappa shape index (κ2) is 11.8. The number of fused-ring (bicyclic) bond motifs is 1. The van der Waals surface area contributed by atoms with Crippen molar-refractivity contribution in [2.45, 2.75) is 45.6 Å². The Balaban J connectivity index is 1.37. The summed E-state index contributed by atoms with van der Waals surface area (Å²) in [5, 5.41) is 1.50. The Morgan fingerprint density at radius 3 is 1.94 bits per heavy atom. The molecule has 4 aromatic rings. The van der Waals surface area contributed by atoms with Gasteiger partial charge in [-0.1, -0.05) is 61.5 Å². The van der Waals surface area contributed by atoms with Crippen LogP contribution in [0.4, 0.5) is 13.2 Å². The lowest BCUT2D eigenvalue weighted by molar-refractivity contribution is -0.0498. The number of benzene rings is 4. The summed E-state index contributed by atoms with van der Waals surface area (Å²) in [6.45, 7) is -0.0332. The monoisotopic (exact) mass is 478 g/mol. The van der Waals surface area contributed by atoms with E-state index in [0.29, 0.717) is 23.8 Å². The third kappa shape index (κ3) is 6.78. The fourth-order valence-corrected chi connectivity index (χ4v) is 4.11. The van der Waals surface area contributed by atoms with E-state index in [2.05, 4.69) is 29.9 Å². The van der Waals surface area contributed by atoms with Gasteiger partial charge >= 0.3 is 6.61 Å². The standard InChI is InChI=1S/C30H29F3O2/c1-2-19-34-26-14-6-21(7-15-26)3-4-23-10-18-28-25(20-23)13-12-24(29(28)31)11-5-22-8-16-27(17-9-22)35-30(32)33/h6-10,12-18,20,30H,2-5,11,19H2,1H3. The molecule has 0 spiro atoms. The maximum absolute atomic E-state index is 15.2. The normalized spacial score (nSPS) is 11.2. The molecular weight excluding hydrogens is 449 g/mol. The molecule has 4 rings (SSSR count). The van der Waals surface area contributed by atoms with Gasteiger partial charge in [-0.15, -0.1) is 0 Å². The third-order valence-electron chi connectivity index (χ3n) is 6.03. The van der Waals surface area contributed by atoms with Gasteiger partial charge in [0.1, 0.15) is 17.3 Å². The predicted molar refractivity (Wildman–Crippen MR) is 134 cm³/mol. The fraction of sp³-hybridized carbons (Fsp3) is 0.267. The number of alkyl halides is 2. The lowest BCUT2D eigenvalue weighted by atomic mass is 9.97. The van der Waals surface area contributed by atoms with Crippen molar-refractivity contribution in [3.63, 3.8) is 0 Å². The number of hydrogen-bond acceptors (Lipinski definition) is 2. The molecule has 0 heterocycles. The van der Waals surface area contributed by atoms with Crippen LogP contribution in [0, 0.1) is 5.82 Å². The first kappa shape index (κ1) is 24.6. The number of ether oxygens (including phenoxy) is 2. The molecule has 0 aromatic heterocycles. The van der Waals surface area contributed by atoms with Crippen LogP contribution in [0.25, 0.3) is 10.8 Å². The van der Waals surface area contributed by atoms with Crippen molar-refractivity contribution in [3.8, 4) is 11.5 Å². The highest BCUT2D eigenvalue weighted by Crippen LogP contribution is 2.25. The molecule has 35 heavy (non-hydrogen) atoms. The molecule has 0 aliphatic carbocycles. The van der Waals surface area contributed by atoms with Crippen LogP contribution in [0.5, 0.6) is 11.5 Å². The highest BCUT2D eigenvalue weighted by Gasteiger charge is 2.10. The number of rotatable bonds is 11. The Hall–Kier alpha value is -3.47. The molecule has 0 bridgehead atoms. The molecule has 0 saturated carbocycles. The molecule has 0 saturated heterocycles. The molecule has 0 atom stereocenters. The van der Waals surface area contributed by atoms with Crippen molar-refractivity contribution < 1.29 is 22.6 Å². The number of halogens is 3. The Labute approximate surface area is 204 Å². The van der Waals surface area contributed by atoms with Crippen molar-refractivity contribution in [3.05, 3.63) is 107 Å². The summed E-state index contributed by atoms with van der Waals surface area (Å²) in [6, 6.07) is 24.4. The molecule has 0 amide bonds. The third-order valence-corrected chi connectivity index (χ3v) is 6.03. The van der Waals surface area contributed by atoms with E-state index in [1.54, 1.807) is 12.1 Å². The molecule has 0 aliphatic rings. The van der Waals surface area contributed by atoms with E-state index in [9.17, 15) is 8.78 Å². The topological polar surface area (TPSA) is 18.5 Å². The Bertz CT molecular complexity index is 1240. The van der Waals surface area contributed by atoms with Crippen LogP contribution in [0.15, 0.2) is 78.9 Å². The first-order valence-corrected chi connectivity index (χ1v) is 12.0. The van der Waals surface area contributed by atoms with E-state index in [4.69, 9.17) is 4.74 Å². The Morgan fingerprint density at radius 1 is 0.686 bits per heavy atom. The highest BCUT2D eigenvalue weighted by atomic mass is 19.3. The smallest absolute Gasteiger partial charge is 0.387 e. The molecular formula is C30H29F3O2. The molecule has 0 N–H and O–H groups in total. The molecule has 0 aliphatic heterocycles. The number of hydrogen-bond donors (Lipinski definition) is 0. The zero-order valence-electron chi connectivity index (χ0n) is 19.8. The summed E-state index contributed by atoms with van der Waals surface area (Å²) in [5.41, 5.74) is 3.99. The minimum absolute atomic E-state index is 0.120. The molecule has 0 radical (unpaired) electrons. The van der Waals surface area contributed by atoms with Gasteiger partial charge in [0, 0.05) is 5.39 Å². The van der Waals surface area contributed by atoms with Crippen LogP contribution in [-0.2, 0) is 25.7 Å². The zero-order valence-corrected chi connectivity index (χ0v) is 19.8. The van der Waals surface area contributed by atoms with Gasteiger partial charge in [-0.05, 0) is 84.0 Å². The molecule has 0 fully saturated rings. The van der Waals surface area contributed by atoms with E-state index in [-0.39, 0.29) is 11.6 Å². The van der Waals surface area contributed by atoms with Gasteiger partial charge in [0.05, 0.1) is 6.61 Å². The van der Waals surface area contributed by atoms with Gasteiger partial charge in [-0.25, -0.2) is 4.39 Å². The molecule has 182 valence electrons. The quantitative estimate of drug-likeness (QED) is 0.218. The number of aryl methyl sites for hydroxylation is 4. The molecule has 0 unspecified atom stereocenters. The average molecular weight is 479 g/mol. The first-order chi connectivity index (χ1) is 17.0. The fourth-order valence-electron chi connectivity index (χ4n) is 4.11. The van der Waals surface area contributed by atoms with Gasteiger partial charge in [0.2, 0.25) is 0 Å². The SMILES string of the molecule is CCCOc1ccc(CCc2ccc3c(F)c(CCc4ccc(OC(F)F)cc4)ccc3c2)cc1. The second-order valence-corrected chi connectivity index (χ2v) is 8.61. The van der Waals surface area contributed by atoms with Crippen LogP contribution < -0.4 is 9.47 Å². The summed E-state index contributed by atoms with van der Waals surface area (Å²) < 4.78 is 49.8. The van der Waals surface area contributed by atoms with Gasteiger partial charge in [-0.2, -0.15) is 8.78 Å². The van der Waals surface area contributed by atoms with Gasteiger partial charge in [0.15, 0.2) is 0 Å². The summed E-state index contributed by atoms with van der Waals surface area (Å²) in [4.78, 5) is 0. The Morgan fingerprint density at radius 2 is 1.29 bits per heavy atom. The molecule has 5 heteroatoms. The largest absolute Gasteiger partial charge is 0.494 e. The van der Waals surface area contributed by atoms with Crippen LogP contribution in [0.3, 0.4) is 0 Å². The van der Waals surface area contributed by atoms with Gasteiger partial charge < -0.3 is 9.47 Å². The van der Waals surface area contributed by atoms with E-state index >= 15 is 4.39 Å². The van der Waals surface area contributed by atoms with Crippen molar-refractivity contribution in [1.82, 2.24) is 0 Å². The van der Waals surface area contributed by atoms with Gasteiger partial charge in [-0.3, -0.25) is 0 Å². The predicted octanol–water partition coefficient (Wildman–Crippen LogP) is 7.94. The van der Waals surface area contributed by atoms with Crippen molar-refractivity contribution in [2.24, 2.45) is 0 Å². The average Bonchev–Trinajstić information content (AvgIpc) is 2.87. The van der Waals surface area contributed by atoms with E-state index in [1.807, 2.05) is 36.4 Å².